The summed E-state index contributed by atoms with van der Waals surface area (Å²) in [7, 11) is 2.30. The predicted molar refractivity (Wildman–Crippen MR) is 349 cm³/mol. The van der Waals surface area contributed by atoms with Gasteiger partial charge in [0.2, 0.25) is 0 Å². The van der Waals surface area contributed by atoms with Gasteiger partial charge in [-0.1, -0.05) is 192 Å². The van der Waals surface area contributed by atoms with Crippen LogP contribution in [0.25, 0.3) is 0 Å². The van der Waals surface area contributed by atoms with Gasteiger partial charge in [0, 0.05) is 57.1 Å². The summed E-state index contributed by atoms with van der Waals surface area (Å²) in [6.07, 6.45) is -28.9. The third kappa shape index (κ3) is 20.5. The lowest BCUT2D eigenvalue weighted by Gasteiger charge is -2.37. The highest BCUT2D eigenvalue weighted by atomic mass is 19.4. The van der Waals surface area contributed by atoms with Gasteiger partial charge < -0.3 is 52.2 Å². The number of rotatable bonds is 42. The molecule has 6 rings (SSSR count). The Hall–Kier alpha value is -7.14. The first-order valence-corrected chi connectivity index (χ1v) is 34.7. The summed E-state index contributed by atoms with van der Waals surface area (Å²) in [4.78, 5) is 83.2. The van der Waals surface area contributed by atoms with Crippen molar-refractivity contribution < 1.29 is 129 Å². The lowest BCUT2D eigenvalue weighted by molar-refractivity contribution is -0.285. The zero-order chi connectivity index (χ0) is 75.9. The van der Waals surface area contributed by atoms with Crippen molar-refractivity contribution in [2.75, 3.05) is 28.4 Å². The molecule has 16 nitrogen and oxygen atoms in total. The Morgan fingerprint density at radius 1 is 0.417 bits per heavy atom. The minimum Gasteiger partial charge on any atom is -0.462 e. The number of methoxy groups -OCH3 is 4. The van der Waals surface area contributed by atoms with Crippen molar-refractivity contribution in [3.63, 3.8) is 0 Å². The van der Waals surface area contributed by atoms with Gasteiger partial charge in [0.1, 0.15) is 36.3 Å². The second kappa shape index (κ2) is 38.2. The van der Waals surface area contributed by atoms with E-state index < -0.39 is 174 Å². The molecule has 572 valence electrons. The first kappa shape index (κ1) is 84.8. The number of ether oxygens (including phenoxy) is 10. The summed E-state index contributed by atoms with van der Waals surface area (Å²) in [5, 5.41) is 0. The summed E-state index contributed by atoms with van der Waals surface area (Å²) >= 11 is 0. The molecule has 0 radical (unpaired) electrons. The fourth-order valence-corrected chi connectivity index (χ4v) is 13.6. The van der Waals surface area contributed by atoms with Crippen LogP contribution in [0.15, 0.2) is 121 Å². The summed E-state index contributed by atoms with van der Waals surface area (Å²) in [6, 6.07) is 22.1. The van der Waals surface area contributed by atoms with Crippen LogP contribution in [0.3, 0.4) is 0 Å². The van der Waals surface area contributed by atoms with Crippen LogP contribution in [-0.4, -0.2) is 132 Å². The molecular formula is C75H92F12O16. The summed E-state index contributed by atoms with van der Waals surface area (Å²) in [6.45, 7) is 3.39. The molecule has 0 saturated carbocycles. The molecule has 2 aliphatic heterocycles. The van der Waals surface area contributed by atoms with E-state index in [0.29, 0.717) is 41.3 Å². The van der Waals surface area contributed by atoms with Gasteiger partial charge >= 0.3 is 54.6 Å². The van der Waals surface area contributed by atoms with Crippen LogP contribution in [0, 0.1) is 5.92 Å². The number of carbonyl (C=O) groups excluding carboxylic acids is 6. The van der Waals surface area contributed by atoms with Crippen LogP contribution in [0.2, 0.25) is 0 Å². The fourth-order valence-electron chi connectivity index (χ4n) is 13.6. The highest BCUT2D eigenvalue weighted by Gasteiger charge is 2.68. The molecule has 0 bridgehead atoms. The normalized spacial score (nSPS) is 20.2. The molecule has 12 atom stereocenters. The second-order valence-corrected chi connectivity index (χ2v) is 26.0. The topological polar surface area (TPSA) is 195 Å². The number of ketones is 1. The molecule has 4 aromatic rings. The highest BCUT2D eigenvalue weighted by Crippen LogP contribution is 2.49. The number of hydrogen-bond acceptors (Lipinski definition) is 16. The van der Waals surface area contributed by atoms with Crippen molar-refractivity contribution in [1.29, 1.82) is 0 Å². The maximum absolute atomic E-state index is 15.8. The molecular weight excluding hydrogens is 1380 g/mol. The van der Waals surface area contributed by atoms with Crippen molar-refractivity contribution >= 4 is 35.6 Å². The first-order valence-electron chi connectivity index (χ1n) is 34.7. The Bertz CT molecular complexity index is 3290. The van der Waals surface area contributed by atoms with Crippen LogP contribution < -0.4 is 0 Å². The second-order valence-electron chi connectivity index (χ2n) is 26.0. The number of halogens is 12. The van der Waals surface area contributed by atoms with Crippen molar-refractivity contribution in [2.24, 2.45) is 5.92 Å². The Morgan fingerprint density at radius 2 is 0.718 bits per heavy atom. The number of esters is 5. The Morgan fingerprint density at radius 3 is 1.05 bits per heavy atom. The number of unbranched alkanes of at least 4 members (excludes halogenated alkanes) is 11. The number of hydrogen-bond donors (Lipinski definition) is 0. The molecule has 4 aromatic carbocycles. The van der Waals surface area contributed by atoms with Crippen molar-refractivity contribution in [1.82, 2.24) is 0 Å². The zero-order valence-electron chi connectivity index (χ0n) is 58.5. The van der Waals surface area contributed by atoms with Gasteiger partial charge in [0.15, 0.2) is 0 Å². The summed E-state index contributed by atoms with van der Waals surface area (Å²) < 4.78 is 244. The molecule has 28 heteroatoms. The smallest absolute Gasteiger partial charge is 0.432 e. The van der Waals surface area contributed by atoms with Crippen molar-refractivity contribution in [3.05, 3.63) is 144 Å². The van der Waals surface area contributed by atoms with Crippen LogP contribution >= 0.6 is 0 Å². The monoisotopic (exact) mass is 1480 g/mol. The van der Waals surface area contributed by atoms with Gasteiger partial charge in [-0.3, -0.25) is 4.79 Å². The molecule has 0 amide bonds. The molecule has 0 aromatic heterocycles. The minimum absolute atomic E-state index is 0.0760. The van der Waals surface area contributed by atoms with Gasteiger partial charge in [-0.15, -0.1) is 0 Å². The number of benzene rings is 4. The largest absolute Gasteiger partial charge is 0.462 e. The summed E-state index contributed by atoms with van der Waals surface area (Å²) in [5.41, 5.74) is -18.7. The van der Waals surface area contributed by atoms with Crippen LogP contribution in [0.1, 0.15) is 184 Å². The SMILES string of the molecule is CCCCCCCCCCCC[C@@H](OC(=O)[C@](OC)(c1ccccc1)C(F)(F)F)[C@H]1CC[C@H]([C@@H](CCC[C@H](OC(=O)[C@](OC)(c2ccccc2)C(F)(F)F)[C@@H](CCCCC[C@@H]2C[C@H](CC(C)=O)C(=O)O2)OC(=O)[C@](OC)(c2ccccc2)C(F)(F)F)OC(=O)[C@](OC)(c2ccccc2)C(F)(F)F)O1. The maximum atomic E-state index is 15.8. The molecule has 2 saturated heterocycles. The predicted octanol–water partition coefficient (Wildman–Crippen LogP) is 16.9. The minimum atomic E-state index is -5.70. The van der Waals surface area contributed by atoms with Gasteiger partial charge in [0.25, 0.3) is 22.4 Å². The third-order valence-electron chi connectivity index (χ3n) is 19.1. The summed E-state index contributed by atoms with van der Waals surface area (Å²) in [5.74, 6) is -10.0. The lowest BCUT2D eigenvalue weighted by Crippen LogP contribution is -2.55. The molecule has 0 aliphatic carbocycles. The van der Waals surface area contributed by atoms with E-state index in [0.717, 1.165) is 118 Å². The molecule has 2 heterocycles. The maximum Gasteiger partial charge on any atom is 0.432 e. The molecule has 103 heavy (non-hydrogen) atoms. The van der Waals surface area contributed by atoms with E-state index in [1.807, 2.05) is 0 Å². The van der Waals surface area contributed by atoms with Crippen molar-refractivity contribution in [3.8, 4) is 0 Å². The van der Waals surface area contributed by atoms with E-state index in [4.69, 9.17) is 47.4 Å². The fraction of sp³-hybridized carbons (Fsp3) is 0.600. The van der Waals surface area contributed by atoms with E-state index in [1.165, 1.54) is 55.5 Å². The van der Waals surface area contributed by atoms with Gasteiger partial charge in [-0.2, -0.15) is 52.7 Å². The number of alkyl halides is 12. The lowest BCUT2D eigenvalue weighted by atomic mass is 9.91. The zero-order valence-corrected chi connectivity index (χ0v) is 58.5. The van der Waals surface area contributed by atoms with Crippen LogP contribution in [-0.2, 0) is 98.5 Å². The Kier molecular flexibility index (Phi) is 31.5. The van der Waals surface area contributed by atoms with Gasteiger partial charge in [0.05, 0.1) is 18.1 Å². The van der Waals surface area contributed by atoms with Gasteiger partial charge in [-0.05, 0) is 84.0 Å². The average molecular weight is 1480 g/mol. The molecule has 2 fully saturated rings. The number of cyclic esters (lactones) is 1. The van der Waals surface area contributed by atoms with Gasteiger partial charge in [-0.25, -0.2) is 19.2 Å². The van der Waals surface area contributed by atoms with E-state index >= 15 is 52.7 Å². The first-order chi connectivity index (χ1) is 48.8. The average Bonchev–Trinajstić information content (AvgIpc) is 0.928. The van der Waals surface area contributed by atoms with E-state index in [2.05, 4.69) is 6.92 Å². The molecule has 2 aliphatic rings. The Labute approximate surface area is 591 Å². The number of carbonyl (C=O) groups is 6. The van der Waals surface area contributed by atoms with Crippen LogP contribution in [0.5, 0.6) is 0 Å². The van der Waals surface area contributed by atoms with E-state index in [-0.39, 0.29) is 70.0 Å². The molecule has 0 N–H and O–H groups in total. The third-order valence-corrected chi connectivity index (χ3v) is 19.1. The van der Waals surface area contributed by atoms with Crippen LogP contribution in [0.4, 0.5) is 52.7 Å². The molecule has 0 spiro atoms. The van der Waals surface area contributed by atoms with Crippen molar-refractivity contribution in [2.45, 2.75) is 251 Å². The Balaban J connectivity index is 1.45. The van der Waals surface area contributed by atoms with E-state index in [1.54, 1.807) is 0 Å². The molecule has 0 unspecified atom stereocenters. The number of Topliss-reactive ketones (excluding diaryl/α,β-unsaturated/α-hetero) is 1. The quantitative estimate of drug-likeness (QED) is 0.0176. The highest BCUT2D eigenvalue weighted by molar-refractivity contribution is 5.86. The standard InChI is InChI=1S/C75H92F12O16/c1-7-8-9-10-11-12-13-14-15-30-42-58(101-65(91)69(95-4,73(79,80)81)53-35-23-17-24-36-53)61-46-47-62(99-61)60(103-67(93)71(97-6,75(85,86)87)55-39-27-19-28-40-55)45-32-44-59(102-66(92)70(96-5,74(82,83)84)54-37-25-18-26-38-54)57(43-31-20-29-41-56-49-51(48-50(2)88)63(89)98-56)100-64(90)68(94-3,72(76,77)78)52-33-21-16-22-34-52/h16-19,21-28,33-40,51,56-62H,7-15,20,29-32,41-49H2,1-6H3/t51-,56+,57+,58+,59-,60+,61+,62+,68+,69+,70+,71+/m0/s1. The van der Waals surface area contributed by atoms with E-state index in [9.17, 15) is 28.8 Å².